The van der Waals surface area contributed by atoms with E-state index in [2.05, 4.69) is 0 Å². The number of likely N-dealkylation sites (tertiary alicyclic amines) is 1. The van der Waals surface area contributed by atoms with Gasteiger partial charge in [-0.3, -0.25) is 0 Å². The van der Waals surface area contributed by atoms with E-state index in [1.165, 1.54) is 36.4 Å². The standard InChI is InChI=1S/C18H16F2N2O4/c19-9-1-3-13-11(5-9)12-6-10(20)2-4-14(12)22(13)15-7-21(18(25)26)8-16(23)17(15)24/h1-6,15-17,23-24H,7-8H2,(H,25,26). The van der Waals surface area contributed by atoms with E-state index in [4.69, 9.17) is 0 Å². The molecule has 0 bridgehead atoms. The third-order valence-electron chi connectivity index (χ3n) is 4.93. The number of β-amino-alcohol motifs (C(OH)–C–C–N with tert-alkyl or cyclic N) is 1. The second-order valence-electron chi connectivity index (χ2n) is 6.51. The van der Waals surface area contributed by atoms with Gasteiger partial charge in [0.05, 0.1) is 18.7 Å². The van der Waals surface area contributed by atoms with Crippen LogP contribution in [0, 0.1) is 11.6 Å². The van der Waals surface area contributed by atoms with Gasteiger partial charge in [0.2, 0.25) is 0 Å². The van der Waals surface area contributed by atoms with E-state index in [1.807, 2.05) is 0 Å². The number of piperidine rings is 1. The number of carboxylic acid groups (broad SMARTS) is 1. The molecule has 3 atom stereocenters. The molecular weight excluding hydrogens is 346 g/mol. The van der Waals surface area contributed by atoms with Gasteiger partial charge < -0.3 is 24.8 Å². The van der Waals surface area contributed by atoms with Crippen LogP contribution < -0.4 is 0 Å². The van der Waals surface area contributed by atoms with Crippen molar-refractivity contribution in [1.29, 1.82) is 0 Å². The quantitative estimate of drug-likeness (QED) is 0.620. The summed E-state index contributed by atoms with van der Waals surface area (Å²) in [5.41, 5.74) is 1.05. The van der Waals surface area contributed by atoms with Crippen molar-refractivity contribution >= 4 is 27.9 Å². The molecule has 6 nitrogen and oxygen atoms in total. The lowest BCUT2D eigenvalue weighted by molar-refractivity contribution is -0.0605. The van der Waals surface area contributed by atoms with E-state index < -0.39 is 36.0 Å². The molecule has 136 valence electrons. The summed E-state index contributed by atoms with van der Waals surface area (Å²) in [7, 11) is 0. The summed E-state index contributed by atoms with van der Waals surface area (Å²) in [6, 6.07) is 7.24. The number of benzene rings is 2. The lowest BCUT2D eigenvalue weighted by Crippen LogP contribution is -2.54. The summed E-state index contributed by atoms with van der Waals surface area (Å²) in [5.74, 6) is -0.977. The Hall–Kier alpha value is -2.71. The van der Waals surface area contributed by atoms with Crippen LogP contribution in [0.4, 0.5) is 13.6 Å². The number of fused-ring (bicyclic) bond motifs is 3. The number of rotatable bonds is 1. The first-order valence-corrected chi connectivity index (χ1v) is 8.09. The van der Waals surface area contributed by atoms with Gasteiger partial charge in [0.1, 0.15) is 17.7 Å². The van der Waals surface area contributed by atoms with E-state index in [1.54, 1.807) is 4.57 Å². The van der Waals surface area contributed by atoms with Crippen molar-refractivity contribution in [1.82, 2.24) is 9.47 Å². The third kappa shape index (κ3) is 2.49. The van der Waals surface area contributed by atoms with Gasteiger partial charge in [-0.25, -0.2) is 13.6 Å². The summed E-state index contributed by atoms with van der Waals surface area (Å²) >= 11 is 0. The van der Waals surface area contributed by atoms with Crippen molar-refractivity contribution in [3.8, 4) is 0 Å². The Morgan fingerprint density at radius 3 is 2.00 bits per heavy atom. The Kier molecular flexibility index (Phi) is 3.82. The van der Waals surface area contributed by atoms with Crippen LogP contribution in [0.25, 0.3) is 21.8 Å². The molecule has 0 saturated carbocycles. The maximum atomic E-state index is 13.7. The maximum Gasteiger partial charge on any atom is 0.407 e. The SMILES string of the molecule is O=C(O)N1CC(O)C(O)C(n2c3ccc(F)cc3c3cc(F)ccc32)C1. The van der Waals surface area contributed by atoms with E-state index in [-0.39, 0.29) is 13.1 Å². The number of hydrogen-bond acceptors (Lipinski definition) is 3. The fourth-order valence-corrected chi connectivity index (χ4v) is 3.74. The first-order valence-electron chi connectivity index (χ1n) is 8.09. The molecule has 2 aromatic carbocycles. The number of carbonyl (C=O) groups is 1. The number of halogens is 2. The van der Waals surface area contributed by atoms with Gasteiger partial charge in [-0.05, 0) is 36.4 Å². The Bertz CT molecular complexity index is 960. The minimum Gasteiger partial charge on any atom is -0.465 e. The summed E-state index contributed by atoms with van der Waals surface area (Å²) in [4.78, 5) is 12.4. The summed E-state index contributed by atoms with van der Waals surface area (Å²) in [6.45, 7) is -0.255. The molecule has 26 heavy (non-hydrogen) atoms. The normalized spacial score (nSPS) is 23.7. The second-order valence-corrected chi connectivity index (χ2v) is 6.51. The first-order chi connectivity index (χ1) is 12.4. The van der Waals surface area contributed by atoms with E-state index in [9.17, 15) is 28.9 Å². The average Bonchev–Trinajstić information content (AvgIpc) is 2.90. The molecule has 8 heteroatoms. The van der Waals surface area contributed by atoms with Crippen molar-refractivity contribution in [2.45, 2.75) is 18.2 Å². The van der Waals surface area contributed by atoms with E-state index in [0.717, 1.165) is 4.90 Å². The van der Waals surface area contributed by atoms with Crippen LogP contribution in [0.3, 0.4) is 0 Å². The van der Waals surface area contributed by atoms with E-state index in [0.29, 0.717) is 21.8 Å². The van der Waals surface area contributed by atoms with Gasteiger partial charge in [-0.2, -0.15) is 0 Å². The minimum atomic E-state index is -1.27. The molecule has 1 aromatic heterocycles. The Balaban J connectivity index is 1.98. The van der Waals surface area contributed by atoms with Gasteiger partial charge in [0.25, 0.3) is 0 Å². The van der Waals surface area contributed by atoms with Crippen LogP contribution in [0.2, 0.25) is 0 Å². The van der Waals surface area contributed by atoms with Crippen molar-refractivity contribution in [2.75, 3.05) is 13.1 Å². The largest absolute Gasteiger partial charge is 0.465 e. The van der Waals surface area contributed by atoms with Gasteiger partial charge in [-0.15, -0.1) is 0 Å². The van der Waals surface area contributed by atoms with Gasteiger partial charge in [-0.1, -0.05) is 0 Å². The molecule has 1 aliphatic heterocycles. The maximum absolute atomic E-state index is 13.7. The fourth-order valence-electron chi connectivity index (χ4n) is 3.74. The fraction of sp³-hybridized carbons (Fsp3) is 0.278. The van der Waals surface area contributed by atoms with Crippen molar-refractivity contribution in [3.63, 3.8) is 0 Å². The number of aliphatic hydroxyl groups is 2. The minimum absolute atomic E-state index is 0.0544. The highest BCUT2D eigenvalue weighted by Gasteiger charge is 2.38. The predicted molar refractivity (Wildman–Crippen MR) is 90.0 cm³/mol. The zero-order chi connectivity index (χ0) is 18.6. The lowest BCUT2D eigenvalue weighted by Gasteiger charge is -2.39. The summed E-state index contributed by atoms with van der Waals surface area (Å²) in [5, 5.41) is 30.8. The highest BCUT2D eigenvalue weighted by Crippen LogP contribution is 2.36. The summed E-state index contributed by atoms with van der Waals surface area (Å²) in [6.07, 6.45) is -3.70. The van der Waals surface area contributed by atoms with Crippen LogP contribution in [0.15, 0.2) is 36.4 Å². The van der Waals surface area contributed by atoms with Crippen LogP contribution in [-0.2, 0) is 0 Å². The van der Waals surface area contributed by atoms with Crippen molar-refractivity contribution < 1.29 is 28.9 Å². The predicted octanol–water partition coefficient (Wildman–Crippen LogP) is 2.33. The monoisotopic (exact) mass is 362 g/mol. The lowest BCUT2D eigenvalue weighted by atomic mass is 9.99. The molecule has 3 aromatic rings. The molecule has 3 N–H and O–H groups in total. The molecule has 0 spiro atoms. The number of amides is 1. The van der Waals surface area contributed by atoms with Crippen LogP contribution in [0.1, 0.15) is 6.04 Å². The molecule has 4 rings (SSSR count). The number of aliphatic hydroxyl groups excluding tert-OH is 2. The molecule has 0 radical (unpaired) electrons. The first kappa shape index (κ1) is 16.7. The number of nitrogens with zero attached hydrogens (tertiary/aromatic N) is 2. The Morgan fingerprint density at radius 2 is 1.50 bits per heavy atom. The zero-order valence-corrected chi connectivity index (χ0v) is 13.5. The molecule has 1 amide bonds. The Labute approximate surface area is 146 Å². The van der Waals surface area contributed by atoms with Gasteiger partial charge >= 0.3 is 6.09 Å². The third-order valence-corrected chi connectivity index (χ3v) is 4.93. The molecule has 1 saturated heterocycles. The van der Waals surface area contributed by atoms with Gasteiger partial charge in [0.15, 0.2) is 0 Å². The van der Waals surface area contributed by atoms with Crippen LogP contribution in [0.5, 0.6) is 0 Å². The number of aromatic nitrogens is 1. The highest BCUT2D eigenvalue weighted by atomic mass is 19.1. The molecule has 1 aliphatic rings. The topological polar surface area (TPSA) is 85.9 Å². The van der Waals surface area contributed by atoms with Crippen molar-refractivity contribution in [3.05, 3.63) is 48.0 Å². The number of hydrogen-bond donors (Lipinski definition) is 3. The summed E-state index contributed by atoms with van der Waals surface area (Å²) < 4.78 is 29.1. The second kappa shape index (κ2) is 5.93. The van der Waals surface area contributed by atoms with Crippen LogP contribution >= 0.6 is 0 Å². The smallest absolute Gasteiger partial charge is 0.407 e. The van der Waals surface area contributed by atoms with Gasteiger partial charge in [0, 0.05) is 28.4 Å². The molecule has 3 unspecified atom stereocenters. The molecular formula is C18H16F2N2O4. The molecule has 2 heterocycles. The Morgan fingerprint density at radius 1 is 0.962 bits per heavy atom. The zero-order valence-electron chi connectivity index (χ0n) is 13.5. The van der Waals surface area contributed by atoms with Crippen LogP contribution in [-0.4, -0.2) is 56.2 Å². The average molecular weight is 362 g/mol. The highest BCUT2D eigenvalue weighted by molar-refractivity contribution is 6.08. The van der Waals surface area contributed by atoms with Crippen molar-refractivity contribution in [2.24, 2.45) is 0 Å². The molecule has 0 aliphatic carbocycles. The van der Waals surface area contributed by atoms with E-state index >= 15 is 0 Å². The molecule has 1 fully saturated rings.